The fourth-order valence-corrected chi connectivity index (χ4v) is 4.23. The first-order valence-corrected chi connectivity index (χ1v) is 9.62. The maximum Gasteiger partial charge on any atom is 0.221 e. The molecule has 2 bridgehead atoms. The van der Waals surface area contributed by atoms with E-state index >= 15 is 0 Å². The van der Waals surface area contributed by atoms with Gasteiger partial charge >= 0.3 is 0 Å². The van der Waals surface area contributed by atoms with E-state index in [0.29, 0.717) is 29.3 Å². The number of nitrogens with zero attached hydrogens (tertiary/aromatic N) is 3. The molecular weight excluding hydrogens is 394 g/mol. The normalized spacial score (nSPS) is 24.1. The van der Waals surface area contributed by atoms with Crippen molar-refractivity contribution in [3.63, 3.8) is 0 Å². The highest BCUT2D eigenvalue weighted by atomic mass is 79.9. The van der Waals surface area contributed by atoms with Gasteiger partial charge in [0.15, 0.2) is 0 Å². The summed E-state index contributed by atoms with van der Waals surface area (Å²) < 4.78 is 7.04. The van der Waals surface area contributed by atoms with Crippen molar-refractivity contribution in [2.45, 2.75) is 50.8 Å². The summed E-state index contributed by atoms with van der Waals surface area (Å²) in [6.45, 7) is 1.96. The van der Waals surface area contributed by atoms with Crippen molar-refractivity contribution >= 4 is 27.4 Å². The Balaban J connectivity index is 1.51. The van der Waals surface area contributed by atoms with Crippen molar-refractivity contribution in [3.8, 4) is 11.9 Å². The molecule has 3 heterocycles. The van der Waals surface area contributed by atoms with Gasteiger partial charge in [0.05, 0.1) is 22.9 Å². The Morgan fingerprint density at radius 1 is 1.27 bits per heavy atom. The zero-order valence-electron chi connectivity index (χ0n) is 14.5. The van der Waals surface area contributed by atoms with Crippen molar-refractivity contribution in [1.82, 2.24) is 15.3 Å². The molecule has 26 heavy (non-hydrogen) atoms. The molecule has 2 saturated heterocycles. The zero-order valence-corrected chi connectivity index (χ0v) is 16.1. The summed E-state index contributed by atoms with van der Waals surface area (Å²) in [6.07, 6.45) is 6.28. The van der Waals surface area contributed by atoms with Crippen LogP contribution in [0, 0.1) is 18.3 Å². The standard InChI is InChI=1S/C19H20BrN5O/c1-11-18(25-17-5-2-12(9-21)6-16(17)20)22-10-23-19(11)26-15-7-13-3-4-14(8-15)24-13/h2,5-6,10,13-15,24H,3-4,7-8H2,1H3,(H,22,23,25). The van der Waals surface area contributed by atoms with E-state index in [1.54, 1.807) is 12.1 Å². The summed E-state index contributed by atoms with van der Waals surface area (Å²) in [7, 11) is 0. The van der Waals surface area contributed by atoms with Gasteiger partial charge < -0.3 is 15.4 Å². The molecule has 134 valence electrons. The average Bonchev–Trinajstić information content (AvgIpc) is 2.98. The molecule has 2 aromatic rings. The minimum atomic E-state index is 0.205. The first-order chi connectivity index (χ1) is 12.6. The smallest absolute Gasteiger partial charge is 0.221 e. The van der Waals surface area contributed by atoms with Crippen LogP contribution in [0.2, 0.25) is 0 Å². The molecule has 0 aliphatic carbocycles. The average molecular weight is 414 g/mol. The highest BCUT2D eigenvalue weighted by Gasteiger charge is 2.34. The van der Waals surface area contributed by atoms with Crippen molar-refractivity contribution < 1.29 is 4.74 Å². The Hall–Kier alpha value is -2.17. The molecule has 1 aromatic carbocycles. The predicted octanol–water partition coefficient (Wildman–Crippen LogP) is 3.82. The lowest BCUT2D eigenvalue weighted by Gasteiger charge is -2.29. The largest absolute Gasteiger partial charge is 0.474 e. The number of benzene rings is 1. The monoisotopic (exact) mass is 413 g/mol. The van der Waals surface area contributed by atoms with Gasteiger partial charge in [-0.3, -0.25) is 0 Å². The van der Waals surface area contributed by atoms with Crippen LogP contribution in [0.4, 0.5) is 11.5 Å². The second-order valence-electron chi connectivity index (χ2n) is 6.93. The van der Waals surface area contributed by atoms with Gasteiger partial charge in [-0.25, -0.2) is 9.97 Å². The molecule has 2 N–H and O–H groups in total. The third-order valence-corrected chi connectivity index (χ3v) is 5.75. The van der Waals surface area contributed by atoms with Crippen molar-refractivity contribution in [2.24, 2.45) is 0 Å². The Morgan fingerprint density at radius 2 is 2.04 bits per heavy atom. The second kappa shape index (κ2) is 7.22. The molecule has 1 aromatic heterocycles. The molecule has 0 amide bonds. The maximum absolute atomic E-state index is 8.99. The summed E-state index contributed by atoms with van der Waals surface area (Å²) >= 11 is 3.49. The van der Waals surface area contributed by atoms with Gasteiger partial charge in [-0.2, -0.15) is 5.26 Å². The lowest BCUT2D eigenvalue weighted by Crippen LogP contribution is -2.42. The molecule has 0 spiro atoms. The van der Waals surface area contributed by atoms with Crippen LogP contribution >= 0.6 is 15.9 Å². The van der Waals surface area contributed by atoms with Crippen molar-refractivity contribution in [2.75, 3.05) is 5.32 Å². The lowest BCUT2D eigenvalue weighted by atomic mass is 10.0. The van der Waals surface area contributed by atoms with E-state index in [-0.39, 0.29) is 6.10 Å². The SMILES string of the molecule is Cc1c(Nc2ccc(C#N)cc2Br)ncnc1OC1CC2CCC(C1)N2. The molecule has 0 saturated carbocycles. The third kappa shape index (κ3) is 3.53. The van der Waals surface area contributed by atoms with Gasteiger partial charge in [0.2, 0.25) is 5.88 Å². The van der Waals surface area contributed by atoms with Crippen LogP contribution in [0.1, 0.15) is 36.8 Å². The molecule has 2 unspecified atom stereocenters. The number of aromatic nitrogens is 2. The van der Waals surface area contributed by atoms with Crippen LogP contribution in [-0.2, 0) is 0 Å². The third-order valence-electron chi connectivity index (χ3n) is 5.10. The van der Waals surface area contributed by atoms with Gasteiger partial charge in [-0.05, 0) is 66.7 Å². The van der Waals surface area contributed by atoms with Crippen LogP contribution in [0.5, 0.6) is 5.88 Å². The number of nitrogens with one attached hydrogen (secondary N) is 2. The number of fused-ring (bicyclic) bond motifs is 2. The first kappa shape index (κ1) is 17.3. The summed E-state index contributed by atoms with van der Waals surface area (Å²) in [5.74, 6) is 1.34. The van der Waals surface area contributed by atoms with Crippen LogP contribution in [0.3, 0.4) is 0 Å². The molecule has 2 aliphatic heterocycles. The quantitative estimate of drug-likeness (QED) is 0.792. The number of ether oxygens (including phenoxy) is 1. The summed E-state index contributed by atoms with van der Waals surface area (Å²) in [6, 6.07) is 8.69. The number of anilines is 2. The van der Waals surface area contributed by atoms with Crippen molar-refractivity contribution in [1.29, 1.82) is 5.26 Å². The van der Waals surface area contributed by atoms with Gasteiger partial charge in [0.25, 0.3) is 0 Å². The fourth-order valence-electron chi connectivity index (χ4n) is 3.75. The minimum absolute atomic E-state index is 0.205. The van der Waals surface area contributed by atoms with E-state index in [9.17, 15) is 0 Å². The fraction of sp³-hybridized carbons (Fsp3) is 0.421. The van der Waals surface area contributed by atoms with Crippen LogP contribution < -0.4 is 15.4 Å². The van der Waals surface area contributed by atoms with Gasteiger partial charge in [-0.1, -0.05) is 0 Å². The number of piperidine rings is 1. The van der Waals surface area contributed by atoms with E-state index in [1.807, 2.05) is 13.0 Å². The van der Waals surface area contributed by atoms with E-state index in [4.69, 9.17) is 10.00 Å². The summed E-state index contributed by atoms with van der Waals surface area (Å²) in [4.78, 5) is 8.70. The Bertz CT molecular complexity index is 853. The molecule has 7 heteroatoms. The van der Waals surface area contributed by atoms with Gasteiger partial charge in [0.1, 0.15) is 18.2 Å². The maximum atomic E-state index is 8.99. The Kier molecular flexibility index (Phi) is 4.79. The number of rotatable bonds is 4. The van der Waals surface area contributed by atoms with Gasteiger partial charge in [0, 0.05) is 16.6 Å². The van der Waals surface area contributed by atoms with Crippen molar-refractivity contribution in [3.05, 3.63) is 40.1 Å². The molecule has 4 rings (SSSR count). The van der Waals surface area contributed by atoms with Gasteiger partial charge in [-0.15, -0.1) is 0 Å². The van der Waals surface area contributed by atoms with Crippen LogP contribution in [-0.4, -0.2) is 28.2 Å². The first-order valence-electron chi connectivity index (χ1n) is 8.83. The number of halogens is 1. The summed E-state index contributed by atoms with van der Waals surface area (Å²) in [5.41, 5.74) is 2.33. The minimum Gasteiger partial charge on any atom is -0.474 e. The topological polar surface area (TPSA) is 82.9 Å². The molecule has 2 fully saturated rings. The zero-order chi connectivity index (χ0) is 18.1. The lowest BCUT2D eigenvalue weighted by molar-refractivity contribution is 0.131. The highest BCUT2D eigenvalue weighted by molar-refractivity contribution is 9.10. The number of hydrogen-bond donors (Lipinski definition) is 2. The Labute approximate surface area is 161 Å². The predicted molar refractivity (Wildman–Crippen MR) is 103 cm³/mol. The van der Waals surface area contributed by atoms with Crippen LogP contribution in [0.25, 0.3) is 0 Å². The molecule has 2 aliphatic rings. The van der Waals surface area contributed by atoms with Crippen LogP contribution in [0.15, 0.2) is 29.0 Å². The van der Waals surface area contributed by atoms with E-state index in [1.165, 1.54) is 19.2 Å². The number of hydrogen-bond acceptors (Lipinski definition) is 6. The molecule has 2 atom stereocenters. The molecule has 6 nitrogen and oxygen atoms in total. The summed E-state index contributed by atoms with van der Waals surface area (Å²) in [5, 5.41) is 15.9. The molecular formula is C19H20BrN5O. The van der Waals surface area contributed by atoms with E-state index < -0.39 is 0 Å². The number of nitriles is 1. The van der Waals surface area contributed by atoms with E-state index in [0.717, 1.165) is 28.6 Å². The second-order valence-corrected chi connectivity index (χ2v) is 7.79. The Morgan fingerprint density at radius 3 is 2.73 bits per heavy atom. The highest BCUT2D eigenvalue weighted by Crippen LogP contribution is 2.32. The molecule has 0 radical (unpaired) electrons. The van der Waals surface area contributed by atoms with E-state index in [2.05, 4.69) is 42.6 Å².